The van der Waals surface area contributed by atoms with Crippen LogP contribution in [0.2, 0.25) is 0 Å². The molecule has 2 heteroatoms. The van der Waals surface area contributed by atoms with Gasteiger partial charge < -0.3 is 10.6 Å². The standard InChI is InChI=1S/C58H86N2/c1-4-57(3)48-26-22-39(33-47(48)54-50(57)27-25-43-42-20-12-13-21-49(42)58(55(43)54)30-14-7-15-31-58)40-23-28-51-45(32-40)46-34-41(24-29-52(46)59-51)53-35-44(37-16-8-5-9-17-37)36(2)56(60-53)38-18-10-6-11-19-38/h5,8-9,16,18,23,28,37,39-56,59-60H,2,4,6-7,10-15,17,19-22,24-27,29-35H2,1,3H3. The van der Waals surface area contributed by atoms with Gasteiger partial charge in [-0.1, -0.05) is 113 Å². The van der Waals surface area contributed by atoms with Gasteiger partial charge in [0.25, 0.3) is 0 Å². The minimum atomic E-state index is 0.406. The van der Waals surface area contributed by atoms with Gasteiger partial charge >= 0.3 is 0 Å². The van der Waals surface area contributed by atoms with Crippen LogP contribution in [0.25, 0.3) is 0 Å². The predicted octanol–water partition coefficient (Wildman–Crippen LogP) is 14.0. The van der Waals surface area contributed by atoms with Gasteiger partial charge in [-0.05, 0) is 222 Å². The lowest BCUT2D eigenvalue weighted by Gasteiger charge is -2.53. The second-order valence-electron chi connectivity index (χ2n) is 24.8. The van der Waals surface area contributed by atoms with Gasteiger partial charge in [-0.3, -0.25) is 0 Å². The Bertz CT molecular complexity index is 1720. The lowest BCUT2D eigenvalue weighted by molar-refractivity contribution is -0.0404. The lowest BCUT2D eigenvalue weighted by Crippen LogP contribution is -2.54. The smallest absolute Gasteiger partial charge is 0.0497 e. The first-order valence-corrected chi connectivity index (χ1v) is 27.4. The predicted molar refractivity (Wildman–Crippen MR) is 250 cm³/mol. The van der Waals surface area contributed by atoms with E-state index in [1.807, 2.05) is 0 Å². The van der Waals surface area contributed by atoms with Gasteiger partial charge in [0.2, 0.25) is 0 Å². The molecule has 9 fully saturated rings. The zero-order valence-electron chi connectivity index (χ0n) is 38.4. The van der Waals surface area contributed by atoms with E-state index >= 15 is 0 Å². The molecule has 2 nitrogen and oxygen atoms in total. The van der Waals surface area contributed by atoms with E-state index < -0.39 is 0 Å². The molecule has 1 spiro atoms. The highest BCUT2D eigenvalue weighted by Gasteiger charge is 2.70. The first-order chi connectivity index (χ1) is 29.4. The van der Waals surface area contributed by atoms with Crippen molar-refractivity contribution < 1.29 is 0 Å². The highest BCUT2D eigenvalue weighted by molar-refractivity contribution is 5.32. The molecule has 12 aliphatic rings. The SMILES string of the molecule is C=C1C(C2=CCCCC2)NC(C2CCC3NC4C=CC(C5CCC6C(C5)C5C(CCC7C8CCCCC8C8(CCCCC8)C75)C6(C)CC)CC4C3C2)CC1C1C=CC=CC1. The Morgan fingerprint density at radius 3 is 2.33 bits per heavy atom. The Hall–Kier alpha value is -1.38. The maximum Gasteiger partial charge on any atom is 0.0497 e. The van der Waals surface area contributed by atoms with Gasteiger partial charge in [-0.2, -0.15) is 0 Å². The number of piperidine rings is 1. The third kappa shape index (κ3) is 6.31. The molecule has 2 heterocycles. The fourth-order valence-corrected chi connectivity index (χ4v) is 20.7. The molecule has 0 radical (unpaired) electrons. The molecule has 12 rings (SSSR count). The van der Waals surface area contributed by atoms with Crippen molar-refractivity contribution in [1.29, 1.82) is 0 Å². The maximum absolute atomic E-state index is 4.90. The molecule has 10 aliphatic carbocycles. The molecule has 0 aromatic rings. The Balaban J connectivity index is 0.781. The van der Waals surface area contributed by atoms with E-state index in [4.69, 9.17) is 6.58 Å². The fraction of sp³-hybridized carbons (Fsp3) is 0.828. The summed E-state index contributed by atoms with van der Waals surface area (Å²) in [6.45, 7) is 10.4. The molecule has 20 atom stereocenters. The van der Waals surface area contributed by atoms with Crippen LogP contribution in [0.4, 0.5) is 0 Å². The lowest BCUT2D eigenvalue weighted by atomic mass is 9.52. The topological polar surface area (TPSA) is 24.1 Å². The first-order valence-electron chi connectivity index (χ1n) is 27.4. The number of hydrogen-bond acceptors (Lipinski definition) is 2. The molecule has 0 aromatic carbocycles. The summed E-state index contributed by atoms with van der Waals surface area (Å²) < 4.78 is 0. The minimum absolute atomic E-state index is 0.406. The van der Waals surface area contributed by atoms with Crippen LogP contribution in [-0.2, 0) is 0 Å². The maximum atomic E-state index is 4.90. The van der Waals surface area contributed by atoms with E-state index in [0.717, 1.165) is 88.4 Å². The Morgan fingerprint density at radius 2 is 1.50 bits per heavy atom. The van der Waals surface area contributed by atoms with Gasteiger partial charge in [0, 0.05) is 24.2 Å². The van der Waals surface area contributed by atoms with Gasteiger partial charge in [0.05, 0.1) is 0 Å². The van der Waals surface area contributed by atoms with Crippen molar-refractivity contribution in [2.24, 2.45) is 99.6 Å². The van der Waals surface area contributed by atoms with Crippen molar-refractivity contribution in [3.63, 3.8) is 0 Å². The quantitative estimate of drug-likeness (QED) is 0.270. The van der Waals surface area contributed by atoms with E-state index in [2.05, 4.69) is 67.0 Å². The van der Waals surface area contributed by atoms with Gasteiger partial charge in [0.1, 0.15) is 0 Å². The molecule has 20 unspecified atom stereocenters. The van der Waals surface area contributed by atoms with Crippen molar-refractivity contribution in [2.45, 2.75) is 199 Å². The summed E-state index contributed by atoms with van der Waals surface area (Å²) in [7, 11) is 0. The van der Waals surface area contributed by atoms with E-state index in [-0.39, 0.29) is 0 Å². The summed E-state index contributed by atoms with van der Waals surface area (Å²) in [4.78, 5) is 0. The molecule has 2 N–H and O–H groups in total. The normalized spacial score (nSPS) is 52.8. The van der Waals surface area contributed by atoms with Crippen LogP contribution in [0.15, 0.2) is 60.3 Å². The molecule has 2 saturated heterocycles. The molecule has 0 bridgehead atoms. The Morgan fingerprint density at radius 1 is 0.650 bits per heavy atom. The Kier molecular flexibility index (Phi) is 10.7. The van der Waals surface area contributed by atoms with Crippen LogP contribution >= 0.6 is 0 Å². The average Bonchev–Trinajstić information content (AvgIpc) is 3.90. The fourth-order valence-electron chi connectivity index (χ4n) is 20.7. The van der Waals surface area contributed by atoms with E-state index in [1.54, 1.807) is 82.6 Å². The van der Waals surface area contributed by atoms with Crippen LogP contribution in [0.1, 0.15) is 174 Å². The van der Waals surface area contributed by atoms with Crippen LogP contribution in [0.5, 0.6) is 0 Å². The number of rotatable bonds is 5. The molecule has 0 amide bonds. The molecular weight excluding hydrogens is 725 g/mol. The zero-order chi connectivity index (χ0) is 40.2. The average molecular weight is 811 g/mol. The molecule has 2 aliphatic heterocycles. The third-order valence-corrected chi connectivity index (χ3v) is 23.2. The van der Waals surface area contributed by atoms with Crippen molar-refractivity contribution in [3.05, 3.63) is 60.3 Å². The van der Waals surface area contributed by atoms with E-state index in [0.29, 0.717) is 35.4 Å². The summed E-state index contributed by atoms with van der Waals surface area (Å²) in [6.07, 6.45) is 54.7. The zero-order valence-corrected chi connectivity index (χ0v) is 38.4. The summed E-state index contributed by atoms with van der Waals surface area (Å²) >= 11 is 0. The third-order valence-electron chi connectivity index (χ3n) is 23.2. The van der Waals surface area contributed by atoms with Crippen molar-refractivity contribution in [1.82, 2.24) is 10.6 Å². The van der Waals surface area contributed by atoms with Crippen LogP contribution < -0.4 is 10.6 Å². The van der Waals surface area contributed by atoms with Gasteiger partial charge in [-0.15, -0.1) is 0 Å². The van der Waals surface area contributed by atoms with Crippen molar-refractivity contribution in [3.8, 4) is 0 Å². The molecule has 328 valence electrons. The summed E-state index contributed by atoms with van der Waals surface area (Å²) in [6, 6.07) is 2.41. The van der Waals surface area contributed by atoms with Crippen LogP contribution in [0.3, 0.4) is 0 Å². The number of nitrogens with one attached hydrogen (secondary N) is 2. The second-order valence-corrected chi connectivity index (χ2v) is 24.8. The summed E-state index contributed by atoms with van der Waals surface area (Å²) in [5.41, 5.74) is 4.51. The second kappa shape index (κ2) is 15.9. The van der Waals surface area contributed by atoms with E-state index in [9.17, 15) is 0 Å². The van der Waals surface area contributed by atoms with Crippen LogP contribution in [0, 0.1) is 99.6 Å². The van der Waals surface area contributed by atoms with E-state index in [1.165, 1.54) is 89.0 Å². The van der Waals surface area contributed by atoms with Crippen molar-refractivity contribution >= 4 is 0 Å². The van der Waals surface area contributed by atoms with Gasteiger partial charge in [-0.25, -0.2) is 0 Å². The molecule has 0 aromatic heterocycles. The molecule has 60 heavy (non-hydrogen) atoms. The molecule has 7 saturated carbocycles. The van der Waals surface area contributed by atoms with Gasteiger partial charge in [0.15, 0.2) is 0 Å². The number of hydrogen-bond donors (Lipinski definition) is 2. The minimum Gasteiger partial charge on any atom is -0.307 e. The summed E-state index contributed by atoms with van der Waals surface area (Å²) in [5, 5.41) is 8.69. The number of allylic oxidation sites excluding steroid dienone is 6. The Labute approximate surface area is 367 Å². The monoisotopic (exact) mass is 811 g/mol. The van der Waals surface area contributed by atoms with Crippen LogP contribution in [-0.4, -0.2) is 24.2 Å². The molecular formula is C58H86N2. The van der Waals surface area contributed by atoms with Crippen molar-refractivity contribution in [2.75, 3.05) is 0 Å². The number of fused-ring (bicyclic) bond motifs is 12. The highest BCUT2D eigenvalue weighted by atomic mass is 15.0. The first kappa shape index (κ1) is 40.2. The summed E-state index contributed by atoms with van der Waals surface area (Å²) in [5.74, 6) is 14.0. The highest BCUT2D eigenvalue weighted by Crippen LogP contribution is 2.76. The largest absolute Gasteiger partial charge is 0.307 e.